The summed E-state index contributed by atoms with van der Waals surface area (Å²) >= 11 is 4.33. The molecule has 0 aliphatic carbocycles. The molecule has 3 heterocycles. The minimum atomic E-state index is 0.637. The van der Waals surface area contributed by atoms with Crippen LogP contribution in [0.2, 0.25) is 0 Å². The topological polar surface area (TPSA) is 64.2 Å². The van der Waals surface area contributed by atoms with E-state index < -0.39 is 0 Å². The summed E-state index contributed by atoms with van der Waals surface area (Å²) in [5.74, 6) is 0.637. The molecule has 0 saturated heterocycles. The number of aromatic nitrogens is 2. The van der Waals surface area contributed by atoms with Crippen LogP contribution in [-0.2, 0) is 0 Å². The number of hydrogen-bond donors (Lipinski definition) is 2. The smallest absolute Gasteiger partial charge is 0.104 e. The van der Waals surface area contributed by atoms with Crippen LogP contribution < -0.4 is 5.73 Å². The normalized spacial score (nSPS) is 13.9. The van der Waals surface area contributed by atoms with Crippen molar-refractivity contribution >= 4 is 30.2 Å². The number of nitrogens with two attached hydrogens (primary N) is 1. The Bertz CT molecular complexity index is 765. The highest BCUT2D eigenvalue weighted by atomic mass is 32.1. The first-order chi connectivity index (χ1) is 10.7. The van der Waals surface area contributed by atoms with E-state index in [2.05, 4.69) is 40.6 Å². The Hall–Kier alpha value is -2.14. The van der Waals surface area contributed by atoms with Gasteiger partial charge in [-0.15, -0.1) is 12.6 Å². The van der Waals surface area contributed by atoms with Gasteiger partial charge in [0.15, 0.2) is 0 Å². The Morgan fingerprint density at radius 3 is 2.77 bits per heavy atom. The number of aliphatic imine (C=N–C) groups is 1. The number of nitrogens with zero attached hydrogens (tertiary/aromatic N) is 3. The summed E-state index contributed by atoms with van der Waals surface area (Å²) in [5, 5.41) is 0. The van der Waals surface area contributed by atoms with Gasteiger partial charge in [0.25, 0.3) is 0 Å². The van der Waals surface area contributed by atoms with E-state index in [4.69, 9.17) is 5.73 Å². The molecule has 0 radical (unpaired) electrons. The molecule has 0 spiro atoms. The summed E-state index contributed by atoms with van der Waals surface area (Å²) in [5.41, 5.74) is 10.9. The third-order valence-electron chi connectivity index (χ3n) is 3.54. The highest BCUT2D eigenvalue weighted by Gasteiger charge is 2.12. The summed E-state index contributed by atoms with van der Waals surface area (Å²) in [7, 11) is 0. The molecule has 4 nitrogen and oxygen atoms in total. The largest absolute Gasteiger partial charge is 0.387 e. The second-order valence-corrected chi connectivity index (χ2v) is 5.91. The van der Waals surface area contributed by atoms with E-state index in [1.165, 1.54) is 5.57 Å². The van der Waals surface area contributed by atoms with Crippen LogP contribution in [0, 0.1) is 0 Å². The number of hydrogen-bond acceptors (Lipinski definition) is 5. The van der Waals surface area contributed by atoms with Crippen molar-refractivity contribution in [1.82, 2.24) is 9.97 Å². The lowest BCUT2D eigenvalue weighted by Crippen LogP contribution is -2.11. The molecule has 2 aromatic heterocycles. The van der Waals surface area contributed by atoms with Crippen molar-refractivity contribution < 1.29 is 0 Å². The SMILES string of the molecule is CCCC1=Cc2ncc(-c3cncc(S)c3)cc2N=C(N)C1. The standard InChI is InChI=1S/C17H18N4S/c1-2-3-11-4-15-16(21-17(18)5-11)7-13(9-20-15)12-6-14(22)10-19-8-12/h4,6-10,22H,2-3,5H2,1H3,(H2,18,21). The van der Waals surface area contributed by atoms with E-state index in [0.717, 1.165) is 40.2 Å². The molecule has 0 atom stereocenters. The predicted molar refractivity (Wildman–Crippen MR) is 93.5 cm³/mol. The molecule has 5 heteroatoms. The lowest BCUT2D eigenvalue weighted by molar-refractivity contribution is 0.894. The maximum Gasteiger partial charge on any atom is 0.104 e. The molecule has 112 valence electrons. The van der Waals surface area contributed by atoms with Gasteiger partial charge in [-0.2, -0.15) is 0 Å². The van der Waals surface area contributed by atoms with E-state index in [0.29, 0.717) is 12.3 Å². The van der Waals surface area contributed by atoms with Gasteiger partial charge in [0.05, 0.1) is 11.4 Å². The van der Waals surface area contributed by atoms with Crippen LogP contribution in [0.5, 0.6) is 0 Å². The van der Waals surface area contributed by atoms with Crippen molar-refractivity contribution in [2.75, 3.05) is 0 Å². The Labute approximate surface area is 135 Å². The first kappa shape index (κ1) is 14.8. The van der Waals surface area contributed by atoms with Crippen LogP contribution in [0.15, 0.2) is 46.2 Å². The zero-order chi connectivity index (χ0) is 15.5. The number of thiol groups is 1. The van der Waals surface area contributed by atoms with E-state index in [-0.39, 0.29) is 0 Å². The third kappa shape index (κ3) is 3.20. The highest BCUT2D eigenvalue weighted by Crippen LogP contribution is 2.30. The third-order valence-corrected chi connectivity index (χ3v) is 3.78. The second kappa shape index (κ2) is 6.32. The van der Waals surface area contributed by atoms with Gasteiger partial charge in [0, 0.05) is 41.0 Å². The second-order valence-electron chi connectivity index (χ2n) is 5.39. The fourth-order valence-electron chi connectivity index (χ4n) is 2.56. The van der Waals surface area contributed by atoms with Crippen LogP contribution in [-0.4, -0.2) is 15.8 Å². The van der Waals surface area contributed by atoms with Crippen LogP contribution >= 0.6 is 12.6 Å². The summed E-state index contributed by atoms with van der Waals surface area (Å²) < 4.78 is 0. The van der Waals surface area contributed by atoms with Gasteiger partial charge in [-0.1, -0.05) is 18.9 Å². The fourth-order valence-corrected chi connectivity index (χ4v) is 2.77. The van der Waals surface area contributed by atoms with E-state index in [1.807, 2.05) is 18.3 Å². The number of rotatable bonds is 3. The van der Waals surface area contributed by atoms with Crippen molar-refractivity contribution in [2.45, 2.75) is 31.1 Å². The lowest BCUT2D eigenvalue weighted by atomic mass is 10.0. The lowest BCUT2D eigenvalue weighted by Gasteiger charge is -2.05. The number of fused-ring (bicyclic) bond motifs is 1. The van der Waals surface area contributed by atoms with E-state index in [9.17, 15) is 0 Å². The molecule has 0 fully saturated rings. The predicted octanol–water partition coefficient (Wildman–Crippen LogP) is 4.01. The summed E-state index contributed by atoms with van der Waals surface area (Å²) in [4.78, 5) is 14.1. The first-order valence-corrected chi connectivity index (χ1v) is 7.77. The Balaban J connectivity index is 2.05. The molecule has 22 heavy (non-hydrogen) atoms. The molecule has 0 unspecified atom stereocenters. The highest BCUT2D eigenvalue weighted by molar-refractivity contribution is 7.80. The first-order valence-electron chi connectivity index (χ1n) is 7.32. The Kier molecular flexibility index (Phi) is 4.24. The number of amidine groups is 1. The molecular formula is C17H18N4S. The maximum absolute atomic E-state index is 6.04. The number of pyridine rings is 2. The van der Waals surface area contributed by atoms with Crippen LogP contribution in [0.25, 0.3) is 17.2 Å². The molecular weight excluding hydrogens is 292 g/mol. The monoisotopic (exact) mass is 310 g/mol. The van der Waals surface area contributed by atoms with Crippen LogP contribution in [0.1, 0.15) is 31.9 Å². The zero-order valence-corrected chi connectivity index (χ0v) is 13.3. The van der Waals surface area contributed by atoms with Gasteiger partial charge in [-0.3, -0.25) is 9.97 Å². The van der Waals surface area contributed by atoms with Crippen LogP contribution in [0.3, 0.4) is 0 Å². The van der Waals surface area contributed by atoms with Crippen molar-refractivity contribution in [3.05, 3.63) is 42.0 Å². The fraction of sp³-hybridized carbons (Fsp3) is 0.235. The van der Waals surface area contributed by atoms with Crippen molar-refractivity contribution in [1.29, 1.82) is 0 Å². The summed E-state index contributed by atoms with van der Waals surface area (Å²) in [6.45, 7) is 2.16. The molecule has 1 aliphatic rings. The molecule has 1 aliphatic heterocycles. The minimum absolute atomic E-state index is 0.637. The minimum Gasteiger partial charge on any atom is -0.387 e. The van der Waals surface area contributed by atoms with Gasteiger partial charge in [0.2, 0.25) is 0 Å². The van der Waals surface area contributed by atoms with Crippen molar-refractivity contribution in [2.24, 2.45) is 10.7 Å². The van der Waals surface area contributed by atoms with E-state index in [1.54, 1.807) is 12.4 Å². The van der Waals surface area contributed by atoms with Gasteiger partial charge < -0.3 is 5.73 Å². The van der Waals surface area contributed by atoms with E-state index >= 15 is 0 Å². The van der Waals surface area contributed by atoms with Gasteiger partial charge in [-0.05, 0) is 24.6 Å². The molecule has 0 bridgehead atoms. The maximum atomic E-state index is 6.04. The quantitative estimate of drug-likeness (QED) is 0.842. The average Bonchev–Trinajstić information content (AvgIpc) is 2.64. The molecule has 2 aromatic rings. The summed E-state index contributed by atoms with van der Waals surface area (Å²) in [6.07, 6.45) is 10.3. The molecule has 3 rings (SSSR count). The van der Waals surface area contributed by atoms with Gasteiger partial charge in [-0.25, -0.2) is 4.99 Å². The van der Waals surface area contributed by atoms with Crippen molar-refractivity contribution in [3.8, 4) is 11.1 Å². The average molecular weight is 310 g/mol. The van der Waals surface area contributed by atoms with Crippen LogP contribution in [0.4, 0.5) is 5.69 Å². The molecule has 0 aromatic carbocycles. The Morgan fingerprint density at radius 1 is 1.18 bits per heavy atom. The summed E-state index contributed by atoms with van der Waals surface area (Å²) in [6, 6.07) is 3.96. The van der Waals surface area contributed by atoms with Gasteiger partial charge in [0.1, 0.15) is 5.84 Å². The zero-order valence-electron chi connectivity index (χ0n) is 12.5. The van der Waals surface area contributed by atoms with Gasteiger partial charge >= 0.3 is 0 Å². The molecule has 0 amide bonds. The Morgan fingerprint density at radius 2 is 2.00 bits per heavy atom. The van der Waals surface area contributed by atoms with Crippen molar-refractivity contribution in [3.63, 3.8) is 0 Å². The molecule has 2 N–H and O–H groups in total. The molecule has 0 saturated carbocycles.